The first-order valence-corrected chi connectivity index (χ1v) is 14.2. The van der Waals surface area contributed by atoms with E-state index in [4.69, 9.17) is 11.5 Å². The van der Waals surface area contributed by atoms with Gasteiger partial charge in [-0.25, -0.2) is 0 Å². The van der Waals surface area contributed by atoms with Gasteiger partial charge in [-0.3, -0.25) is 0 Å². The fourth-order valence-corrected chi connectivity index (χ4v) is 10.4. The molecule has 0 aromatic heterocycles. The summed E-state index contributed by atoms with van der Waals surface area (Å²) in [4.78, 5) is 0. The van der Waals surface area contributed by atoms with Gasteiger partial charge in [0.05, 0.1) is 0 Å². The summed E-state index contributed by atoms with van der Waals surface area (Å²) in [6.45, 7) is 0.771. The second-order valence-corrected chi connectivity index (χ2v) is 12.3. The van der Waals surface area contributed by atoms with Gasteiger partial charge in [-0.1, -0.05) is 51.4 Å². The van der Waals surface area contributed by atoms with Crippen molar-refractivity contribution in [2.45, 2.75) is 122 Å². The van der Waals surface area contributed by atoms with E-state index in [1.165, 1.54) is 70.6 Å². The van der Waals surface area contributed by atoms with Crippen molar-refractivity contribution in [1.82, 2.24) is 0 Å². The molecule has 6 unspecified atom stereocenters. The van der Waals surface area contributed by atoms with Crippen LogP contribution >= 0.6 is 0 Å². The molecule has 0 aromatic carbocycles. The lowest BCUT2D eigenvalue weighted by Gasteiger charge is -2.57. The number of hydrogen-bond donors (Lipinski definition) is 2. The van der Waals surface area contributed by atoms with Gasteiger partial charge in [-0.05, 0) is 118 Å². The molecule has 30 heavy (non-hydrogen) atoms. The van der Waals surface area contributed by atoms with Crippen LogP contribution < -0.4 is 11.5 Å². The summed E-state index contributed by atoms with van der Waals surface area (Å²) >= 11 is 0. The Morgan fingerprint density at radius 3 is 1.83 bits per heavy atom. The molecule has 2 nitrogen and oxygen atoms in total. The Kier molecular flexibility index (Phi) is 6.83. The van der Waals surface area contributed by atoms with Crippen LogP contribution in [0, 0.1) is 46.8 Å². The highest BCUT2D eigenvalue weighted by atomic mass is 14.7. The molecule has 0 saturated heterocycles. The van der Waals surface area contributed by atoms with Gasteiger partial charge >= 0.3 is 0 Å². The Hall–Kier alpha value is -0.0800. The first kappa shape index (κ1) is 21.7. The zero-order valence-electron chi connectivity index (χ0n) is 19.7. The van der Waals surface area contributed by atoms with Crippen molar-refractivity contribution in [2.75, 3.05) is 6.54 Å². The predicted octanol–water partition coefficient (Wildman–Crippen LogP) is 6.66. The molecular weight excluding hydrogens is 364 g/mol. The largest absolute Gasteiger partial charge is 0.330 e. The molecule has 0 bridgehead atoms. The maximum atomic E-state index is 6.75. The van der Waals surface area contributed by atoms with Crippen LogP contribution in [0.5, 0.6) is 0 Å². The average Bonchev–Trinajstić information content (AvgIpc) is 3.11. The van der Waals surface area contributed by atoms with E-state index < -0.39 is 0 Å². The van der Waals surface area contributed by atoms with Gasteiger partial charge in [0, 0.05) is 6.04 Å². The van der Waals surface area contributed by atoms with Gasteiger partial charge in [-0.2, -0.15) is 0 Å². The summed E-state index contributed by atoms with van der Waals surface area (Å²) in [6, 6.07) is 0.356. The molecule has 5 aliphatic rings. The Morgan fingerprint density at radius 1 is 0.633 bits per heavy atom. The van der Waals surface area contributed by atoms with E-state index >= 15 is 0 Å². The molecule has 0 aromatic rings. The predicted molar refractivity (Wildman–Crippen MR) is 127 cm³/mol. The Bertz CT molecular complexity index is 529. The zero-order valence-corrected chi connectivity index (χ0v) is 19.7. The van der Waals surface area contributed by atoms with Crippen LogP contribution in [0.25, 0.3) is 0 Å². The van der Waals surface area contributed by atoms with Crippen molar-refractivity contribution in [2.24, 2.45) is 58.3 Å². The van der Waals surface area contributed by atoms with Crippen molar-refractivity contribution in [3.05, 3.63) is 0 Å². The van der Waals surface area contributed by atoms with Crippen molar-refractivity contribution in [3.8, 4) is 0 Å². The van der Waals surface area contributed by atoms with Crippen molar-refractivity contribution >= 4 is 0 Å². The smallest absolute Gasteiger partial charge is 0.00792 e. The summed E-state index contributed by atoms with van der Waals surface area (Å²) in [6.07, 6.45) is 26.9. The Morgan fingerprint density at radius 2 is 1.20 bits per heavy atom. The highest BCUT2D eigenvalue weighted by molar-refractivity contribution is 5.14. The van der Waals surface area contributed by atoms with Crippen LogP contribution in [-0.4, -0.2) is 12.6 Å². The van der Waals surface area contributed by atoms with Crippen molar-refractivity contribution in [3.63, 3.8) is 0 Å². The van der Waals surface area contributed by atoms with E-state index in [0.29, 0.717) is 11.5 Å². The summed E-state index contributed by atoms with van der Waals surface area (Å²) in [5.41, 5.74) is 13.4. The van der Waals surface area contributed by atoms with Gasteiger partial charge < -0.3 is 11.5 Å². The minimum Gasteiger partial charge on any atom is -0.330 e. The lowest BCUT2D eigenvalue weighted by Crippen LogP contribution is -2.50. The molecule has 0 spiro atoms. The third kappa shape index (κ3) is 3.60. The van der Waals surface area contributed by atoms with Gasteiger partial charge in [0.2, 0.25) is 0 Å². The first-order chi connectivity index (χ1) is 14.8. The lowest BCUT2D eigenvalue weighted by atomic mass is 9.48. The lowest BCUT2D eigenvalue weighted by molar-refractivity contribution is -0.0801. The van der Waals surface area contributed by atoms with Crippen LogP contribution in [0.3, 0.4) is 0 Å². The van der Waals surface area contributed by atoms with Gasteiger partial charge in [0.1, 0.15) is 0 Å². The number of fused-ring (bicyclic) bond motifs is 3. The molecule has 5 fully saturated rings. The first-order valence-electron chi connectivity index (χ1n) is 14.2. The molecular formula is C28H50N2. The fourth-order valence-electron chi connectivity index (χ4n) is 10.4. The number of nitrogens with two attached hydrogens (primary N) is 2. The minimum atomic E-state index is 0.356. The molecule has 0 radical (unpaired) electrons. The molecule has 5 aliphatic carbocycles. The topological polar surface area (TPSA) is 52.0 Å². The van der Waals surface area contributed by atoms with Crippen molar-refractivity contribution in [1.29, 1.82) is 0 Å². The number of hydrogen-bond acceptors (Lipinski definition) is 2. The summed E-state index contributed by atoms with van der Waals surface area (Å²) in [5.74, 6) is 7.01. The molecule has 5 rings (SSSR count). The molecule has 0 amide bonds. The summed E-state index contributed by atoms with van der Waals surface area (Å²) in [5, 5.41) is 0. The fraction of sp³-hybridized carbons (Fsp3) is 1.00. The van der Waals surface area contributed by atoms with Gasteiger partial charge in [0.25, 0.3) is 0 Å². The molecule has 0 aliphatic heterocycles. The van der Waals surface area contributed by atoms with Gasteiger partial charge in [0.15, 0.2) is 0 Å². The van der Waals surface area contributed by atoms with Gasteiger partial charge in [-0.15, -0.1) is 0 Å². The van der Waals surface area contributed by atoms with Crippen LogP contribution in [0.4, 0.5) is 0 Å². The quantitative estimate of drug-likeness (QED) is 0.528. The third-order valence-electron chi connectivity index (χ3n) is 11.3. The van der Waals surface area contributed by atoms with Crippen LogP contribution in [0.2, 0.25) is 0 Å². The number of rotatable bonds is 5. The second-order valence-electron chi connectivity index (χ2n) is 12.3. The third-order valence-corrected chi connectivity index (χ3v) is 11.3. The minimum absolute atomic E-state index is 0.356. The van der Waals surface area contributed by atoms with E-state index in [9.17, 15) is 0 Å². The van der Waals surface area contributed by atoms with E-state index in [-0.39, 0.29) is 0 Å². The van der Waals surface area contributed by atoms with Crippen molar-refractivity contribution < 1.29 is 0 Å². The molecule has 172 valence electrons. The second kappa shape index (κ2) is 9.42. The van der Waals surface area contributed by atoms with E-state index in [0.717, 1.165) is 54.4 Å². The normalized spacial score (nSPS) is 41.2. The summed E-state index contributed by atoms with van der Waals surface area (Å²) < 4.78 is 0. The molecule has 0 heterocycles. The highest BCUT2D eigenvalue weighted by Gasteiger charge is 2.65. The zero-order chi connectivity index (χ0) is 20.6. The van der Waals surface area contributed by atoms with E-state index in [2.05, 4.69) is 0 Å². The van der Waals surface area contributed by atoms with E-state index in [1.807, 2.05) is 0 Å². The standard InChI is InChI=1S/C28H50N2/c29-18-17-27(30)20-15-16-24-23-13-7-8-14-25(23)28(26(24)19-20,21-9-3-1-4-10-21)22-11-5-2-6-12-22/h20-27H,1-19,29-30H2. The average molecular weight is 415 g/mol. The highest BCUT2D eigenvalue weighted by Crippen LogP contribution is 2.72. The molecule has 6 atom stereocenters. The van der Waals surface area contributed by atoms with Crippen LogP contribution in [-0.2, 0) is 0 Å². The maximum absolute atomic E-state index is 6.75. The van der Waals surface area contributed by atoms with Crippen LogP contribution in [0.15, 0.2) is 0 Å². The monoisotopic (exact) mass is 414 g/mol. The molecule has 4 N–H and O–H groups in total. The van der Waals surface area contributed by atoms with Crippen LogP contribution in [0.1, 0.15) is 116 Å². The maximum Gasteiger partial charge on any atom is 0.00792 e. The molecule has 5 saturated carbocycles. The Labute approximate surface area is 186 Å². The SMILES string of the molecule is NCCC(N)C1CCC2C3CCCCC3C(C3CCCCC3)(C3CCCCC3)C2C1. The molecule has 2 heteroatoms. The Balaban J connectivity index is 1.53. The van der Waals surface area contributed by atoms with E-state index in [1.54, 1.807) is 38.5 Å². The summed E-state index contributed by atoms with van der Waals surface area (Å²) in [7, 11) is 0.